The highest BCUT2D eigenvalue weighted by atomic mass is 16.5. The average molecular weight is 234 g/mol. The van der Waals surface area contributed by atoms with Gasteiger partial charge in [-0.3, -0.25) is 0 Å². The first-order valence-corrected chi connectivity index (χ1v) is 4.78. The summed E-state index contributed by atoms with van der Waals surface area (Å²) in [6.45, 7) is 0. The van der Waals surface area contributed by atoms with Crippen LogP contribution in [0.5, 0.6) is 34.5 Å². The van der Waals surface area contributed by atoms with Crippen LogP contribution in [0.3, 0.4) is 0 Å². The van der Waals surface area contributed by atoms with Gasteiger partial charge in [0, 0.05) is 12.1 Å². The van der Waals surface area contributed by atoms with Crippen molar-refractivity contribution in [2.45, 2.75) is 0 Å². The Bertz CT molecular complexity index is 501. The molecule has 0 saturated heterocycles. The normalized spacial score (nSPS) is 10.1. The zero-order chi connectivity index (χ0) is 12.4. The smallest absolute Gasteiger partial charge is 0.161 e. The molecule has 17 heavy (non-hydrogen) atoms. The van der Waals surface area contributed by atoms with Crippen LogP contribution in [-0.2, 0) is 0 Å². The van der Waals surface area contributed by atoms with Crippen molar-refractivity contribution in [1.29, 1.82) is 0 Å². The third kappa shape index (κ3) is 2.34. The molecule has 0 heterocycles. The van der Waals surface area contributed by atoms with Crippen molar-refractivity contribution in [2.24, 2.45) is 0 Å². The predicted molar refractivity (Wildman–Crippen MR) is 59.6 cm³/mol. The van der Waals surface area contributed by atoms with Crippen molar-refractivity contribution in [1.82, 2.24) is 0 Å². The zero-order valence-electron chi connectivity index (χ0n) is 8.66. The lowest BCUT2D eigenvalue weighted by Gasteiger charge is -2.07. The first-order valence-electron chi connectivity index (χ1n) is 4.78. The van der Waals surface area contributed by atoms with E-state index in [1.54, 1.807) is 0 Å². The number of phenols is 4. The van der Waals surface area contributed by atoms with Crippen molar-refractivity contribution in [3.05, 3.63) is 36.4 Å². The number of rotatable bonds is 2. The van der Waals surface area contributed by atoms with Gasteiger partial charge in [-0.15, -0.1) is 0 Å². The van der Waals surface area contributed by atoms with Crippen LogP contribution >= 0.6 is 0 Å². The summed E-state index contributed by atoms with van der Waals surface area (Å²) in [5.74, 6) is -0.497. The molecule has 2 aromatic rings. The van der Waals surface area contributed by atoms with Crippen LogP contribution in [0, 0.1) is 0 Å². The Morgan fingerprint density at radius 3 is 1.35 bits per heavy atom. The number of hydrogen-bond acceptors (Lipinski definition) is 5. The van der Waals surface area contributed by atoms with Gasteiger partial charge in [0.05, 0.1) is 0 Å². The van der Waals surface area contributed by atoms with Gasteiger partial charge in [0.1, 0.15) is 11.5 Å². The molecule has 0 amide bonds. The minimum Gasteiger partial charge on any atom is -0.504 e. The fourth-order valence-electron chi connectivity index (χ4n) is 1.27. The minimum atomic E-state index is -0.300. The molecule has 5 nitrogen and oxygen atoms in total. The summed E-state index contributed by atoms with van der Waals surface area (Å²) in [7, 11) is 0. The summed E-state index contributed by atoms with van der Waals surface area (Å²) in [6, 6.07) is 7.95. The lowest BCUT2D eigenvalue weighted by Crippen LogP contribution is -1.83. The molecular weight excluding hydrogens is 224 g/mol. The van der Waals surface area contributed by atoms with E-state index in [4.69, 9.17) is 14.9 Å². The second-order valence-electron chi connectivity index (χ2n) is 3.40. The first-order chi connectivity index (χ1) is 8.06. The number of aromatic hydroxyl groups is 4. The highest BCUT2D eigenvalue weighted by molar-refractivity contribution is 5.47. The van der Waals surface area contributed by atoms with Crippen LogP contribution in [-0.4, -0.2) is 20.4 Å². The molecule has 88 valence electrons. The van der Waals surface area contributed by atoms with Gasteiger partial charge in [-0.25, -0.2) is 0 Å². The molecule has 5 heteroatoms. The maximum Gasteiger partial charge on any atom is 0.161 e. The molecule has 2 aromatic carbocycles. The van der Waals surface area contributed by atoms with Crippen LogP contribution in [0.2, 0.25) is 0 Å². The highest BCUT2D eigenvalue weighted by Gasteiger charge is 2.05. The van der Waals surface area contributed by atoms with E-state index < -0.39 is 0 Å². The Morgan fingerprint density at radius 2 is 1.00 bits per heavy atom. The molecule has 2 rings (SSSR count). The molecule has 0 spiro atoms. The van der Waals surface area contributed by atoms with E-state index in [1.165, 1.54) is 36.4 Å². The number of hydrogen-bond donors (Lipinski definition) is 4. The molecule has 0 unspecified atom stereocenters. The molecule has 0 aliphatic rings. The lowest BCUT2D eigenvalue weighted by atomic mass is 10.3. The molecule has 0 atom stereocenters. The van der Waals surface area contributed by atoms with Gasteiger partial charge in [0.2, 0.25) is 0 Å². The maximum atomic E-state index is 9.26. The molecule has 0 fully saturated rings. The Morgan fingerprint density at radius 1 is 0.588 bits per heavy atom. The monoisotopic (exact) mass is 234 g/mol. The van der Waals surface area contributed by atoms with Gasteiger partial charge < -0.3 is 25.2 Å². The van der Waals surface area contributed by atoms with Gasteiger partial charge in [-0.2, -0.15) is 0 Å². The number of ether oxygens (including phenoxy) is 1. The van der Waals surface area contributed by atoms with Crippen molar-refractivity contribution in [2.75, 3.05) is 0 Å². The van der Waals surface area contributed by atoms with Gasteiger partial charge in [-0.1, -0.05) is 0 Å². The molecule has 4 N–H and O–H groups in total. The van der Waals surface area contributed by atoms with E-state index in [2.05, 4.69) is 0 Å². The molecular formula is C12H10O5. The summed E-state index contributed by atoms with van der Waals surface area (Å²) in [5.41, 5.74) is 0. The van der Waals surface area contributed by atoms with Crippen LogP contribution in [0.1, 0.15) is 0 Å². The SMILES string of the molecule is Oc1ccc(Oc2ccc(O)c(O)c2)cc1O. The number of phenolic OH excluding ortho intramolecular Hbond substituents is 4. The van der Waals surface area contributed by atoms with E-state index in [9.17, 15) is 10.2 Å². The highest BCUT2D eigenvalue weighted by Crippen LogP contribution is 2.34. The third-order valence-corrected chi connectivity index (χ3v) is 2.13. The van der Waals surface area contributed by atoms with Gasteiger partial charge >= 0.3 is 0 Å². The molecule has 0 bridgehead atoms. The summed E-state index contributed by atoms with van der Waals surface area (Å²) < 4.78 is 5.31. The van der Waals surface area contributed by atoms with Gasteiger partial charge in [0.25, 0.3) is 0 Å². The second-order valence-corrected chi connectivity index (χ2v) is 3.40. The summed E-state index contributed by atoms with van der Waals surface area (Å²) in [4.78, 5) is 0. The zero-order valence-corrected chi connectivity index (χ0v) is 8.66. The Labute approximate surface area is 96.8 Å². The topological polar surface area (TPSA) is 90.2 Å². The van der Waals surface area contributed by atoms with Crippen molar-refractivity contribution < 1.29 is 25.2 Å². The van der Waals surface area contributed by atoms with Crippen LogP contribution in [0.15, 0.2) is 36.4 Å². The van der Waals surface area contributed by atoms with Crippen molar-refractivity contribution in [3.8, 4) is 34.5 Å². The summed E-state index contributed by atoms with van der Waals surface area (Å²) in [5, 5.41) is 36.7. The standard InChI is InChI=1S/C12H10O5/c13-9-3-1-7(5-11(9)15)17-8-2-4-10(14)12(16)6-8/h1-6,13-16H. The summed E-state index contributed by atoms with van der Waals surface area (Å²) in [6.07, 6.45) is 0. The predicted octanol–water partition coefficient (Wildman–Crippen LogP) is 2.30. The number of benzene rings is 2. The van der Waals surface area contributed by atoms with E-state index in [0.29, 0.717) is 11.5 Å². The molecule has 0 aliphatic carbocycles. The van der Waals surface area contributed by atoms with Crippen LogP contribution < -0.4 is 4.74 Å². The van der Waals surface area contributed by atoms with E-state index in [0.717, 1.165) is 0 Å². The third-order valence-electron chi connectivity index (χ3n) is 2.13. The molecule has 0 saturated carbocycles. The van der Waals surface area contributed by atoms with Crippen LogP contribution in [0.4, 0.5) is 0 Å². The molecule has 0 aromatic heterocycles. The fraction of sp³-hybridized carbons (Fsp3) is 0. The van der Waals surface area contributed by atoms with E-state index >= 15 is 0 Å². The Hall–Kier alpha value is -2.56. The molecule has 0 radical (unpaired) electrons. The summed E-state index contributed by atoms with van der Waals surface area (Å²) >= 11 is 0. The maximum absolute atomic E-state index is 9.26. The van der Waals surface area contributed by atoms with Gasteiger partial charge in [-0.05, 0) is 24.3 Å². The Kier molecular flexibility index (Phi) is 2.66. The molecule has 0 aliphatic heterocycles. The van der Waals surface area contributed by atoms with E-state index in [1.807, 2.05) is 0 Å². The Balaban J connectivity index is 2.25. The fourth-order valence-corrected chi connectivity index (χ4v) is 1.27. The lowest BCUT2D eigenvalue weighted by molar-refractivity contribution is 0.392. The largest absolute Gasteiger partial charge is 0.504 e. The second kappa shape index (κ2) is 4.13. The van der Waals surface area contributed by atoms with Crippen LogP contribution in [0.25, 0.3) is 0 Å². The average Bonchev–Trinajstić information content (AvgIpc) is 2.29. The van der Waals surface area contributed by atoms with Crippen molar-refractivity contribution >= 4 is 0 Å². The van der Waals surface area contributed by atoms with E-state index in [-0.39, 0.29) is 23.0 Å². The first kappa shape index (κ1) is 10.9. The quantitative estimate of drug-likeness (QED) is 0.598. The van der Waals surface area contributed by atoms with Crippen molar-refractivity contribution in [3.63, 3.8) is 0 Å². The minimum absolute atomic E-state index is 0.245. The van der Waals surface area contributed by atoms with Gasteiger partial charge in [0.15, 0.2) is 23.0 Å².